The molecular formula is C68H48N2O17S3. The van der Waals surface area contributed by atoms with Gasteiger partial charge in [0.05, 0.1) is 12.5 Å². The Hall–Kier alpha value is -11.6. The van der Waals surface area contributed by atoms with Gasteiger partial charge in [0.2, 0.25) is 17.3 Å². The van der Waals surface area contributed by atoms with Crippen LogP contribution < -0.4 is 14.2 Å². The average Bonchev–Trinajstić information content (AvgIpc) is 1.69. The Balaban J connectivity index is 0.000000148. The standard InChI is InChI=1S/2C23H16O6S.C22H16N2O5S/c1-13-2-10-18(28-13)21(27)23-22(17-9-6-15(24)12-19(17)30-23)29-16-7-3-14(4-8-16)5-11-20(25)26;1-13-10-18(28-12-13)21(27)23-22(17-8-5-15(24)11-19(17)30-23)29-16-6-2-14(3-7-16)4-9-20(25)26;1-12-23-11-17(24-12)20(28)22-21(16-8-5-14(25)10-18(16)30-22)29-15-6-2-13(3-7-15)4-9-19(26)27/h2*2-12,24H,1H3,(H,25,26);2-11,25H,1H3,(H,23,24)(H,26,27)/b11-5+;2*9-4+. The molecule has 0 aliphatic carbocycles. The summed E-state index contributed by atoms with van der Waals surface area (Å²) in [5, 5.41) is 57.7. The van der Waals surface area contributed by atoms with Crippen LogP contribution in [0.2, 0.25) is 0 Å². The number of phenols is 3. The number of aromatic amines is 1. The summed E-state index contributed by atoms with van der Waals surface area (Å²) < 4.78 is 31.2. The molecule has 0 spiro atoms. The van der Waals surface area contributed by atoms with Crippen molar-refractivity contribution in [2.24, 2.45) is 0 Å². The van der Waals surface area contributed by atoms with Crippen molar-refractivity contribution in [1.82, 2.24) is 9.97 Å². The van der Waals surface area contributed by atoms with Crippen LogP contribution in [0.4, 0.5) is 0 Å². The van der Waals surface area contributed by atoms with Gasteiger partial charge >= 0.3 is 17.9 Å². The number of nitrogens with one attached hydrogen (secondary N) is 1. The highest BCUT2D eigenvalue weighted by Gasteiger charge is 2.27. The summed E-state index contributed by atoms with van der Waals surface area (Å²) in [6.45, 7) is 5.36. The summed E-state index contributed by atoms with van der Waals surface area (Å²) in [6.07, 6.45) is 10.6. The molecule has 90 heavy (non-hydrogen) atoms. The van der Waals surface area contributed by atoms with Crippen LogP contribution in [0.5, 0.6) is 51.7 Å². The first kappa shape index (κ1) is 61.5. The van der Waals surface area contributed by atoms with Crippen molar-refractivity contribution >= 4 is 118 Å². The first-order valence-corrected chi connectivity index (χ1v) is 29.3. The van der Waals surface area contributed by atoms with Crippen LogP contribution in [0.1, 0.15) is 80.1 Å². The Morgan fingerprint density at radius 3 is 1.17 bits per heavy atom. The van der Waals surface area contributed by atoms with Crippen molar-refractivity contribution in [3.05, 3.63) is 242 Å². The van der Waals surface area contributed by atoms with Crippen molar-refractivity contribution in [2.75, 3.05) is 0 Å². The third kappa shape index (κ3) is 14.8. The van der Waals surface area contributed by atoms with Crippen LogP contribution in [-0.2, 0) is 14.4 Å². The molecule has 0 amide bonds. The van der Waals surface area contributed by atoms with E-state index in [0.29, 0.717) is 113 Å². The fraction of sp³-hybridized carbons (Fsp3) is 0.0441. The van der Waals surface area contributed by atoms with E-state index in [0.717, 1.165) is 23.8 Å². The van der Waals surface area contributed by atoms with Crippen molar-refractivity contribution in [1.29, 1.82) is 0 Å². The predicted molar refractivity (Wildman–Crippen MR) is 341 cm³/mol. The molecule has 0 saturated heterocycles. The lowest BCUT2D eigenvalue weighted by Crippen LogP contribution is -2.01. The van der Waals surface area contributed by atoms with Crippen LogP contribution in [0.25, 0.3) is 48.5 Å². The molecule has 0 unspecified atom stereocenters. The number of ether oxygens (including phenoxy) is 3. The number of benzene rings is 6. The minimum atomic E-state index is -1.03. The molecule has 0 aliphatic rings. The minimum absolute atomic E-state index is 0.0951. The third-order valence-corrected chi connectivity index (χ3v) is 16.3. The maximum atomic E-state index is 13.1. The number of carbonyl (C=O) groups is 6. The Morgan fingerprint density at radius 1 is 0.467 bits per heavy atom. The molecule has 0 fully saturated rings. The number of thiophene rings is 3. The van der Waals surface area contributed by atoms with Gasteiger partial charge in [0, 0.05) is 48.5 Å². The van der Waals surface area contributed by atoms with Crippen LogP contribution >= 0.6 is 34.0 Å². The molecule has 22 heteroatoms. The molecule has 0 saturated carbocycles. The fourth-order valence-electron chi connectivity index (χ4n) is 8.72. The van der Waals surface area contributed by atoms with Crippen molar-refractivity contribution in [3.8, 4) is 51.7 Å². The van der Waals surface area contributed by atoms with Gasteiger partial charge in [-0.05, 0) is 170 Å². The van der Waals surface area contributed by atoms with Gasteiger partial charge in [-0.1, -0.05) is 36.4 Å². The highest BCUT2D eigenvalue weighted by Crippen LogP contribution is 2.46. The van der Waals surface area contributed by atoms with E-state index in [9.17, 15) is 44.1 Å². The Bertz CT molecular complexity index is 4320. The van der Waals surface area contributed by atoms with E-state index in [-0.39, 0.29) is 46.1 Å². The summed E-state index contributed by atoms with van der Waals surface area (Å²) in [7, 11) is 0. The van der Waals surface area contributed by atoms with Crippen LogP contribution in [0.15, 0.2) is 185 Å². The maximum absolute atomic E-state index is 13.1. The molecule has 6 heterocycles. The highest BCUT2D eigenvalue weighted by atomic mass is 32.1. The number of carboxylic acid groups (broad SMARTS) is 3. The average molecular weight is 1260 g/mol. The number of fused-ring (bicyclic) bond motifs is 3. The molecule has 0 radical (unpaired) electrons. The summed E-state index contributed by atoms with van der Waals surface area (Å²) in [6, 6.07) is 39.9. The molecule has 12 aromatic rings. The number of nitrogens with zero attached hydrogens (tertiary/aromatic N) is 1. The zero-order valence-electron chi connectivity index (χ0n) is 47.3. The van der Waals surface area contributed by atoms with Gasteiger partial charge in [0.1, 0.15) is 66.4 Å². The van der Waals surface area contributed by atoms with E-state index < -0.39 is 17.9 Å². The molecule has 19 nitrogen and oxygen atoms in total. The van der Waals surface area contributed by atoms with Gasteiger partial charge in [-0.15, -0.1) is 34.0 Å². The smallest absolute Gasteiger partial charge is 0.328 e. The van der Waals surface area contributed by atoms with Crippen molar-refractivity contribution < 1.29 is 82.5 Å². The van der Waals surface area contributed by atoms with E-state index in [2.05, 4.69) is 9.97 Å². The number of hydrogen-bond acceptors (Lipinski definition) is 18. The molecule has 450 valence electrons. The third-order valence-electron chi connectivity index (χ3n) is 12.9. The molecule has 0 bridgehead atoms. The van der Waals surface area contributed by atoms with Gasteiger partial charge in [0.15, 0.2) is 28.8 Å². The predicted octanol–water partition coefficient (Wildman–Crippen LogP) is 16.0. The summed E-state index contributed by atoms with van der Waals surface area (Å²) in [4.78, 5) is 79.2. The number of carbonyl (C=O) groups excluding carboxylic acids is 3. The lowest BCUT2D eigenvalue weighted by Gasteiger charge is -2.07. The summed E-state index contributed by atoms with van der Waals surface area (Å²) >= 11 is 3.65. The largest absolute Gasteiger partial charge is 0.508 e. The van der Waals surface area contributed by atoms with Crippen LogP contribution in [-0.4, -0.2) is 75.9 Å². The van der Waals surface area contributed by atoms with Crippen LogP contribution in [0.3, 0.4) is 0 Å². The number of rotatable bonds is 18. The van der Waals surface area contributed by atoms with Gasteiger partial charge in [-0.3, -0.25) is 14.4 Å². The number of carboxylic acids is 3. The van der Waals surface area contributed by atoms with E-state index in [1.807, 2.05) is 6.92 Å². The lowest BCUT2D eigenvalue weighted by atomic mass is 10.1. The summed E-state index contributed by atoms with van der Waals surface area (Å²) in [5.41, 5.74) is 3.29. The number of furan rings is 2. The van der Waals surface area contributed by atoms with Crippen molar-refractivity contribution in [3.63, 3.8) is 0 Å². The second kappa shape index (κ2) is 27.0. The number of imidazole rings is 1. The zero-order valence-corrected chi connectivity index (χ0v) is 49.8. The number of aromatic nitrogens is 2. The second-order valence-corrected chi connectivity index (χ2v) is 22.8. The van der Waals surface area contributed by atoms with E-state index in [1.165, 1.54) is 82.9 Å². The number of aliphatic carboxylic acids is 3. The van der Waals surface area contributed by atoms with Gasteiger partial charge in [-0.2, -0.15) is 0 Å². The Kier molecular flexibility index (Phi) is 18.4. The van der Waals surface area contributed by atoms with Crippen LogP contribution in [0, 0.1) is 20.8 Å². The molecule has 0 aliphatic heterocycles. The number of aryl methyl sites for hydroxylation is 3. The molecule has 12 rings (SSSR count). The second-order valence-electron chi connectivity index (χ2n) is 19.6. The normalized spacial score (nSPS) is 11.2. The molecule has 7 N–H and O–H groups in total. The monoisotopic (exact) mass is 1260 g/mol. The number of aromatic hydroxyl groups is 3. The molecule has 6 aromatic carbocycles. The molecule has 6 aromatic heterocycles. The number of phenolic OH excluding ortho intramolecular Hbond substituents is 3. The minimum Gasteiger partial charge on any atom is -0.508 e. The number of ketones is 3. The molecule has 0 atom stereocenters. The van der Waals surface area contributed by atoms with Gasteiger partial charge in [-0.25, -0.2) is 19.4 Å². The van der Waals surface area contributed by atoms with E-state index in [1.54, 1.807) is 141 Å². The van der Waals surface area contributed by atoms with E-state index >= 15 is 0 Å². The molecular weight excluding hydrogens is 1210 g/mol. The van der Waals surface area contributed by atoms with E-state index in [4.69, 9.17) is 38.4 Å². The first-order chi connectivity index (χ1) is 43.2. The topological polar surface area (TPSA) is 306 Å². The maximum Gasteiger partial charge on any atom is 0.328 e. The van der Waals surface area contributed by atoms with Gasteiger partial charge < -0.3 is 58.7 Å². The fourth-order valence-corrected chi connectivity index (χ4v) is 12.1. The lowest BCUT2D eigenvalue weighted by molar-refractivity contribution is -0.132. The Morgan fingerprint density at radius 2 is 0.844 bits per heavy atom. The summed E-state index contributed by atoms with van der Waals surface area (Å²) in [5.74, 6) is 0.624. The zero-order chi connectivity index (χ0) is 63.8. The SMILES string of the molecule is Cc1ccc(C(=O)c2sc3cc(O)ccc3c2Oc2ccc(/C=C/C(=O)O)cc2)o1.Cc1coc(C(=O)c2sc3cc(O)ccc3c2Oc2ccc(/C=C/C(=O)O)cc2)c1.Cc1ncc(C(=O)c2sc3cc(O)ccc3c2Oc2ccc(/C=C/C(=O)O)cc2)[nH]1. The number of H-pyrrole nitrogens is 1. The highest BCUT2D eigenvalue weighted by molar-refractivity contribution is 7.22. The first-order valence-electron chi connectivity index (χ1n) is 26.8. The Labute approximate surface area is 521 Å². The number of hydrogen-bond donors (Lipinski definition) is 7. The quantitative estimate of drug-likeness (QED) is 0.0310. The van der Waals surface area contributed by atoms with Crippen molar-refractivity contribution in [2.45, 2.75) is 20.8 Å². The van der Waals surface area contributed by atoms with Gasteiger partial charge in [0.25, 0.3) is 0 Å².